The minimum Gasteiger partial charge on any atom is -0.297 e. The smallest absolute Gasteiger partial charge is 0.261 e. The molecule has 11 heavy (non-hydrogen) atoms. The minimum absolute atomic E-state index is 0.0281. The summed E-state index contributed by atoms with van der Waals surface area (Å²) in [6.07, 6.45) is 0.0281. The summed E-state index contributed by atoms with van der Waals surface area (Å²) in [5, 5.41) is 0. The van der Waals surface area contributed by atoms with Gasteiger partial charge < -0.3 is 0 Å². The van der Waals surface area contributed by atoms with E-state index in [0.717, 1.165) is 6.54 Å². The number of hydrogen-bond acceptors (Lipinski definition) is 1. The van der Waals surface area contributed by atoms with E-state index in [1.54, 1.807) is 4.90 Å². The molecule has 0 N–H and O–H groups in total. The number of rotatable bonds is 2. The first kappa shape index (κ1) is 8.91. The molecule has 65 valence electrons. The summed E-state index contributed by atoms with van der Waals surface area (Å²) in [5.41, 5.74) is 0. The topological polar surface area (TPSA) is 3.24 Å². The van der Waals surface area contributed by atoms with Gasteiger partial charge in [0, 0.05) is 19.5 Å². The van der Waals surface area contributed by atoms with Gasteiger partial charge in [0.2, 0.25) is 0 Å². The van der Waals surface area contributed by atoms with Crippen LogP contribution in [0.1, 0.15) is 20.3 Å². The number of nitrogens with zero attached hydrogens (tertiary/aromatic N) is 1. The van der Waals surface area contributed by atoms with Gasteiger partial charge >= 0.3 is 0 Å². The van der Waals surface area contributed by atoms with Crippen LogP contribution in [0.2, 0.25) is 0 Å². The van der Waals surface area contributed by atoms with E-state index >= 15 is 0 Å². The fourth-order valence-corrected chi connectivity index (χ4v) is 1.39. The Labute approximate surface area is 66.4 Å². The van der Waals surface area contributed by atoms with Crippen LogP contribution in [0, 0.1) is 5.92 Å². The van der Waals surface area contributed by atoms with Crippen LogP contribution in [0.25, 0.3) is 0 Å². The van der Waals surface area contributed by atoms with Crippen LogP contribution < -0.4 is 0 Å². The molecule has 1 nitrogen and oxygen atoms in total. The maximum absolute atomic E-state index is 12.6. The zero-order valence-electron chi connectivity index (χ0n) is 7.03. The van der Waals surface area contributed by atoms with Crippen LogP contribution in [-0.2, 0) is 0 Å². The van der Waals surface area contributed by atoms with E-state index in [-0.39, 0.29) is 13.0 Å². The minimum atomic E-state index is -2.44. The molecule has 0 bridgehead atoms. The summed E-state index contributed by atoms with van der Waals surface area (Å²) >= 11 is 0. The molecule has 0 aromatic carbocycles. The second-order valence-corrected chi connectivity index (χ2v) is 3.52. The molecule has 0 aromatic rings. The monoisotopic (exact) mass is 162 g/mol. The number of halogens is 2. The Morgan fingerprint density at radius 1 is 1.45 bits per heavy atom. The molecule has 1 radical (unpaired) electrons. The first-order valence-corrected chi connectivity index (χ1v) is 3.89. The first-order valence-electron chi connectivity index (χ1n) is 3.89. The Hall–Kier alpha value is -0.180. The van der Waals surface area contributed by atoms with Gasteiger partial charge in [0.25, 0.3) is 5.92 Å². The highest BCUT2D eigenvalue weighted by Crippen LogP contribution is 2.27. The lowest BCUT2D eigenvalue weighted by molar-refractivity contribution is 0.0127. The molecule has 1 aliphatic heterocycles. The van der Waals surface area contributed by atoms with Gasteiger partial charge in [-0.2, -0.15) is 0 Å². The Bertz CT molecular complexity index is 134. The molecule has 3 heteroatoms. The van der Waals surface area contributed by atoms with Crippen molar-refractivity contribution in [1.29, 1.82) is 0 Å². The average Bonchev–Trinajstić information content (AvgIpc) is 2.08. The molecule has 1 fully saturated rings. The molecule has 1 aliphatic rings. The Kier molecular flexibility index (Phi) is 2.47. The average molecular weight is 162 g/mol. The third-order valence-electron chi connectivity index (χ3n) is 1.79. The van der Waals surface area contributed by atoms with E-state index in [9.17, 15) is 8.78 Å². The van der Waals surface area contributed by atoms with E-state index in [1.807, 2.05) is 13.8 Å². The van der Waals surface area contributed by atoms with Crippen LogP contribution in [-0.4, -0.2) is 30.5 Å². The van der Waals surface area contributed by atoms with Gasteiger partial charge in [0.15, 0.2) is 0 Å². The second-order valence-electron chi connectivity index (χ2n) is 3.52. The van der Waals surface area contributed by atoms with Crippen LogP contribution in [0.3, 0.4) is 0 Å². The summed E-state index contributed by atoms with van der Waals surface area (Å²) < 4.78 is 25.2. The van der Waals surface area contributed by atoms with Gasteiger partial charge in [0.05, 0.1) is 6.54 Å². The third kappa shape index (κ3) is 2.73. The van der Waals surface area contributed by atoms with E-state index in [1.165, 1.54) is 5.92 Å². The van der Waals surface area contributed by atoms with Crippen LogP contribution >= 0.6 is 0 Å². The van der Waals surface area contributed by atoms with E-state index in [0.29, 0.717) is 6.54 Å². The van der Waals surface area contributed by atoms with E-state index < -0.39 is 5.92 Å². The molecule has 1 heterocycles. The molecule has 1 rings (SSSR count). The lowest BCUT2D eigenvalue weighted by atomic mass is 10.2. The van der Waals surface area contributed by atoms with Crippen LogP contribution in [0.4, 0.5) is 8.78 Å². The zero-order valence-corrected chi connectivity index (χ0v) is 7.03. The number of hydrogen-bond donors (Lipinski definition) is 0. The highest BCUT2D eigenvalue weighted by Gasteiger charge is 2.37. The fourth-order valence-electron chi connectivity index (χ4n) is 1.39. The van der Waals surface area contributed by atoms with Crippen molar-refractivity contribution in [1.82, 2.24) is 4.90 Å². The Morgan fingerprint density at radius 3 is 2.45 bits per heavy atom. The van der Waals surface area contributed by atoms with Gasteiger partial charge in [0.1, 0.15) is 0 Å². The molecule has 0 unspecified atom stereocenters. The Morgan fingerprint density at radius 2 is 2.09 bits per heavy atom. The highest BCUT2D eigenvalue weighted by atomic mass is 19.3. The van der Waals surface area contributed by atoms with Gasteiger partial charge in [-0.3, -0.25) is 4.90 Å². The molecular weight excluding hydrogens is 148 g/mol. The molecule has 0 saturated carbocycles. The van der Waals surface area contributed by atoms with Gasteiger partial charge in [-0.25, -0.2) is 8.78 Å². The lowest BCUT2D eigenvalue weighted by Crippen LogP contribution is -2.27. The van der Waals surface area contributed by atoms with Gasteiger partial charge in [-0.1, -0.05) is 13.8 Å². The van der Waals surface area contributed by atoms with Crippen LogP contribution in [0.15, 0.2) is 0 Å². The van der Waals surface area contributed by atoms with Gasteiger partial charge in [-0.15, -0.1) is 0 Å². The van der Waals surface area contributed by atoms with Crippen molar-refractivity contribution in [2.45, 2.75) is 26.2 Å². The summed E-state index contributed by atoms with van der Waals surface area (Å²) in [6, 6.07) is 0. The molecular formula is C8H14F2N. The van der Waals surface area contributed by atoms with Crippen molar-refractivity contribution in [3.05, 3.63) is 5.92 Å². The SMILES string of the molecule is C[C](C)CN1CCC(F)(F)C1. The molecule has 0 aromatic heterocycles. The Balaban J connectivity index is 2.31. The van der Waals surface area contributed by atoms with Crippen molar-refractivity contribution in [2.75, 3.05) is 19.6 Å². The van der Waals surface area contributed by atoms with Crippen molar-refractivity contribution in [2.24, 2.45) is 0 Å². The molecule has 0 aliphatic carbocycles. The van der Waals surface area contributed by atoms with Gasteiger partial charge in [-0.05, 0) is 5.92 Å². The molecule has 0 amide bonds. The maximum atomic E-state index is 12.6. The van der Waals surface area contributed by atoms with Crippen molar-refractivity contribution in [3.8, 4) is 0 Å². The predicted octanol–water partition coefficient (Wildman–Crippen LogP) is 1.94. The standard InChI is InChI=1S/C8H14F2N/c1-7(2)5-11-4-3-8(9,10)6-11/h3-6H2,1-2H3. The van der Waals surface area contributed by atoms with Crippen molar-refractivity contribution >= 4 is 0 Å². The second kappa shape index (κ2) is 3.05. The summed E-state index contributed by atoms with van der Waals surface area (Å²) in [5.74, 6) is -1.24. The van der Waals surface area contributed by atoms with E-state index in [4.69, 9.17) is 0 Å². The maximum Gasteiger partial charge on any atom is 0.261 e. The highest BCUT2D eigenvalue weighted by molar-refractivity contribution is 4.88. The molecule has 0 atom stereocenters. The fraction of sp³-hybridized carbons (Fsp3) is 0.875. The van der Waals surface area contributed by atoms with Crippen LogP contribution in [0.5, 0.6) is 0 Å². The van der Waals surface area contributed by atoms with E-state index in [2.05, 4.69) is 0 Å². The quantitative estimate of drug-likeness (QED) is 0.599. The third-order valence-corrected chi connectivity index (χ3v) is 1.79. The lowest BCUT2D eigenvalue weighted by Gasteiger charge is -2.16. The molecule has 0 spiro atoms. The zero-order chi connectivity index (χ0) is 8.48. The largest absolute Gasteiger partial charge is 0.297 e. The summed E-state index contributed by atoms with van der Waals surface area (Å²) in [7, 11) is 0. The van der Waals surface area contributed by atoms with Crippen molar-refractivity contribution < 1.29 is 8.78 Å². The first-order chi connectivity index (χ1) is 4.99. The predicted molar refractivity (Wildman–Crippen MR) is 40.6 cm³/mol. The molecule has 1 saturated heterocycles. The number of likely N-dealkylation sites (tertiary alicyclic amines) is 1. The summed E-state index contributed by atoms with van der Waals surface area (Å²) in [6.45, 7) is 5.14. The van der Waals surface area contributed by atoms with Crippen molar-refractivity contribution in [3.63, 3.8) is 0 Å². The normalized spacial score (nSPS) is 24.8. The summed E-state index contributed by atoms with van der Waals surface area (Å²) in [4.78, 5) is 1.80. The number of alkyl halides is 2.